The Morgan fingerprint density at radius 1 is 1.10 bits per heavy atom. The van der Waals surface area contributed by atoms with E-state index in [1.165, 1.54) is 0 Å². The number of aromatic nitrogens is 3. The van der Waals surface area contributed by atoms with Crippen molar-refractivity contribution in [3.63, 3.8) is 0 Å². The summed E-state index contributed by atoms with van der Waals surface area (Å²) < 4.78 is 7.06. The van der Waals surface area contributed by atoms with Gasteiger partial charge in [0.1, 0.15) is 11.4 Å². The summed E-state index contributed by atoms with van der Waals surface area (Å²) in [6.07, 6.45) is 9.51. The zero-order valence-corrected chi connectivity index (χ0v) is 17.9. The first-order chi connectivity index (χ1) is 15.2. The molecule has 1 amide bonds. The Hall–Kier alpha value is -3.41. The second-order valence-electron chi connectivity index (χ2n) is 7.83. The Kier molecular flexibility index (Phi) is 6.77. The first-order valence-corrected chi connectivity index (χ1v) is 10.8. The Morgan fingerprint density at radius 2 is 1.90 bits per heavy atom. The number of carbonyl (C=O) groups excluding carboxylic acids is 1. The van der Waals surface area contributed by atoms with Gasteiger partial charge in [0.2, 0.25) is 5.91 Å². The molecule has 1 aromatic heterocycles. The summed E-state index contributed by atoms with van der Waals surface area (Å²) >= 11 is 0. The summed E-state index contributed by atoms with van der Waals surface area (Å²) in [7, 11) is 1.66. The first kappa shape index (κ1) is 20.8. The maximum Gasteiger partial charge on any atom is 0.247 e. The molecule has 2 heterocycles. The molecule has 0 N–H and O–H groups in total. The van der Waals surface area contributed by atoms with Gasteiger partial charge in [0.15, 0.2) is 0 Å². The van der Waals surface area contributed by atoms with Crippen LogP contribution in [0, 0.1) is 0 Å². The molecule has 1 aliphatic heterocycles. The summed E-state index contributed by atoms with van der Waals surface area (Å²) in [5, 5.41) is 8.36. The van der Waals surface area contributed by atoms with Crippen LogP contribution >= 0.6 is 0 Å². The third-order valence-corrected chi connectivity index (χ3v) is 5.68. The molecule has 1 aliphatic rings. The van der Waals surface area contributed by atoms with Gasteiger partial charge >= 0.3 is 0 Å². The molecule has 0 radical (unpaired) electrons. The van der Waals surface area contributed by atoms with Crippen molar-refractivity contribution >= 4 is 12.0 Å². The van der Waals surface area contributed by atoms with Gasteiger partial charge in [-0.15, -0.1) is 5.10 Å². The van der Waals surface area contributed by atoms with Crippen molar-refractivity contribution in [2.24, 2.45) is 0 Å². The summed E-state index contributed by atoms with van der Waals surface area (Å²) in [6.45, 7) is 1.42. The average molecular weight is 417 g/mol. The van der Waals surface area contributed by atoms with Crippen LogP contribution in [-0.2, 0) is 11.3 Å². The maximum absolute atomic E-state index is 13.1. The number of carbonyl (C=O) groups is 1. The smallest absolute Gasteiger partial charge is 0.247 e. The van der Waals surface area contributed by atoms with E-state index in [-0.39, 0.29) is 11.9 Å². The number of rotatable bonds is 6. The van der Waals surface area contributed by atoms with Gasteiger partial charge in [-0.3, -0.25) is 4.79 Å². The molecule has 1 atom stereocenters. The third kappa shape index (κ3) is 5.40. The van der Waals surface area contributed by atoms with E-state index in [1.54, 1.807) is 23.9 Å². The largest absolute Gasteiger partial charge is 0.497 e. The molecule has 3 aromatic rings. The molecule has 0 spiro atoms. The highest BCUT2D eigenvalue weighted by molar-refractivity contribution is 5.91. The summed E-state index contributed by atoms with van der Waals surface area (Å²) in [6, 6.07) is 18.2. The van der Waals surface area contributed by atoms with Crippen LogP contribution < -0.4 is 4.74 Å². The minimum atomic E-state index is 0.0142. The fraction of sp³-hybridized carbons (Fsp3) is 0.320. The van der Waals surface area contributed by atoms with Crippen LogP contribution in [0.5, 0.6) is 5.75 Å². The second-order valence-corrected chi connectivity index (χ2v) is 7.83. The van der Waals surface area contributed by atoms with Gasteiger partial charge in [-0.2, -0.15) is 0 Å². The molecule has 1 fully saturated rings. The van der Waals surface area contributed by atoms with Crippen LogP contribution in [0.4, 0.5) is 0 Å². The molecule has 4 rings (SSSR count). The maximum atomic E-state index is 13.1. The minimum absolute atomic E-state index is 0.0142. The van der Waals surface area contributed by atoms with Gasteiger partial charge in [0.25, 0.3) is 0 Å². The van der Waals surface area contributed by atoms with E-state index in [1.807, 2.05) is 41.4 Å². The van der Waals surface area contributed by atoms with Crippen LogP contribution in [0.3, 0.4) is 0 Å². The number of nitrogens with zero attached hydrogens (tertiary/aromatic N) is 4. The molecular formula is C25H28N4O2. The molecule has 160 valence electrons. The first-order valence-electron chi connectivity index (χ1n) is 10.8. The summed E-state index contributed by atoms with van der Waals surface area (Å²) in [5.74, 6) is 0.842. The van der Waals surface area contributed by atoms with E-state index in [4.69, 9.17) is 4.74 Å². The lowest BCUT2D eigenvalue weighted by molar-refractivity contribution is -0.128. The number of hydrogen-bond donors (Lipinski definition) is 0. The van der Waals surface area contributed by atoms with E-state index < -0.39 is 0 Å². The topological polar surface area (TPSA) is 60.2 Å². The highest BCUT2D eigenvalue weighted by Gasteiger charge is 2.25. The zero-order valence-electron chi connectivity index (χ0n) is 17.9. The van der Waals surface area contributed by atoms with Crippen molar-refractivity contribution in [1.82, 2.24) is 19.9 Å². The van der Waals surface area contributed by atoms with Gasteiger partial charge in [-0.1, -0.05) is 60.5 Å². The van der Waals surface area contributed by atoms with Crippen LogP contribution in [0.15, 0.2) is 66.9 Å². The SMILES string of the molecule is COc1ccc([C@@H]2CCCCCN2C(=O)/C=C/c2cn(Cc3ccccc3)nn2)cc1. The molecule has 6 nitrogen and oxygen atoms in total. The standard InChI is InChI=1S/C25H28N4O2/c1-31-23-14-11-21(12-15-23)24-10-6-3-7-17-29(24)25(30)16-13-22-19-28(27-26-22)18-20-8-4-2-5-9-20/h2,4-5,8-9,11-16,19,24H,3,6-7,10,17-18H2,1H3/b16-13+/t24-/m0/s1. The Balaban J connectivity index is 1.45. The number of ether oxygens (including phenoxy) is 1. The zero-order chi connectivity index (χ0) is 21.5. The Labute approximate surface area is 183 Å². The second kappa shape index (κ2) is 10.1. The Bertz CT molecular complexity index is 1010. The van der Waals surface area contributed by atoms with Crippen LogP contribution in [0.25, 0.3) is 6.08 Å². The molecule has 0 unspecified atom stereocenters. The molecule has 2 aromatic carbocycles. The molecule has 6 heteroatoms. The van der Waals surface area contributed by atoms with E-state index >= 15 is 0 Å². The quantitative estimate of drug-likeness (QED) is 0.556. The number of benzene rings is 2. The fourth-order valence-corrected chi connectivity index (χ4v) is 4.03. The van der Waals surface area contributed by atoms with Gasteiger partial charge in [-0.25, -0.2) is 4.68 Å². The van der Waals surface area contributed by atoms with E-state index in [0.717, 1.165) is 49.1 Å². The normalized spacial score (nSPS) is 16.9. The predicted molar refractivity (Wildman–Crippen MR) is 121 cm³/mol. The van der Waals surface area contributed by atoms with Crippen molar-refractivity contribution in [3.05, 3.63) is 83.7 Å². The van der Waals surface area contributed by atoms with Gasteiger partial charge in [0.05, 0.1) is 25.9 Å². The average Bonchev–Trinajstić information content (AvgIpc) is 3.11. The molecule has 1 saturated heterocycles. The van der Waals surface area contributed by atoms with Gasteiger partial charge in [-0.05, 0) is 42.2 Å². The summed E-state index contributed by atoms with van der Waals surface area (Å²) in [5.41, 5.74) is 2.99. The monoisotopic (exact) mass is 416 g/mol. The van der Waals surface area contributed by atoms with Crippen LogP contribution in [0.2, 0.25) is 0 Å². The third-order valence-electron chi connectivity index (χ3n) is 5.68. The van der Waals surface area contributed by atoms with Crippen LogP contribution in [-0.4, -0.2) is 39.5 Å². The van der Waals surface area contributed by atoms with Crippen molar-refractivity contribution in [2.75, 3.05) is 13.7 Å². The van der Waals surface area contributed by atoms with Crippen molar-refractivity contribution in [2.45, 2.75) is 38.3 Å². The molecular weight excluding hydrogens is 388 g/mol. The van der Waals surface area contributed by atoms with Gasteiger partial charge in [0, 0.05) is 12.6 Å². The van der Waals surface area contributed by atoms with E-state index in [0.29, 0.717) is 12.2 Å². The Morgan fingerprint density at radius 3 is 2.68 bits per heavy atom. The number of likely N-dealkylation sites (tertiary alicyclic amines) is 1. The fourth-order valence-electron chi connectivity index (χ4n) is 4.03. The van der Waals surface area contributed by atoms with Gasteiger partial charge < -0.3 is 9.64 Å². The number of methoxy groups -OCH3 is 1. The molecule has 31 heavy (non-hydrogen) atoms. The number of amides is 1. The lowest BCUT2D eigenvalue weighted by atomic mass is 10.0. The number of hydrogen-bond acceptors (Lipinski definition) is 4. The highest BCUT2D eigenvalue weighted by Crippen LogP contribution is 2.31. The van der Waals surface area contributed by atoms with Crippen molar-refractivity contribution in [1.29, 1.82) is 0 Å². The predicted octanol–water partition coefficient (Wildman–Crippen LogP) is 4.49. The van der Waals surface area contributed by atoms with Crippen molar-refractivity contribution < 1.29 is 9.53 Å². The lowest BCUT2D eigenvalue weighted by Gasteiger charge is -2.29. The molecule has 0 aliphatic carbocycles. The minimum Gasteiger partial charge on any atom is -0.497 e. The molecule has 0 bridgehead atoms. The van der Waals surface area contributed by atoms with Crippen molar-refractivity contribution in [3.8, 4) is 5.75 Å². The van der Waals surface area contributed by atoms with E-state index in [2.05, 4.69) is 34.6 Å². The van der Waals surface area contributed by atoms with E-state index in [9.17, 15) is 4.79 Å². The summed E-state index contributed by atoms with van der Waals surface area (Å²) in [4.78, 5) is 15.1. The molecule has 0 saturated carbocycles. The highest BCUT2D eigenvalue weighted by atomic mass is 16.5. The van der Waals surface area contributed by atoms with Crippen LogP contribution in [0.1, 0.15) is 48.5 Å². The lowest BCUT2D eigenvalue weighted by Crippen LogP contribution is -2.33.